The maximum Gasteiger partial charge on any atom is 0.342 e. The first-order valence-corrected chi connectivity index (χ1v) is 8.56. The van der Waals surface area contributed by atoms with Crippen LogP contribution in [0.3, 0.4) is 0 Å². The number of amides is 2. The summed E-state index contributed by atoms with van der Waals surface area (Å²) in [6, 6.07) is 3.47. The van der Waals surface area contributed by atoms with Crippen molar-refractivity contribution in [3.8, 4) is 5.75 Å². The zero-order valence-electron chi connectivity index (χ0n) is 16.3. The Morgan fingerprint density at radius 1 is 1.15 bits per heavy atom. The molecule has 1 aromatic rings. The molecule has 1 rings (SSSR count). The molecule has 7 heteroatoms. The number of rotatable bonds is 7. The third-order valence-electron chi connectivity index (χ3n) is 4.08. The van der Waals surface area contributed by atoms with Gasteiger partial charge in [0.05, 0.1) is 6.54 Å². The molecule has 0 radical (unpaired) electrons. The number of carbonyl (C=O) groups is 3. The second-order valence-corrected chi connectivity index (χ2v) is 6.81. The van der Waals surface area contributed by atoms with E-state index in [9.17, 15) is 19.5 Å². The van der Waals surface area contributed by atoms with Gasteiger partial charge in [-0.15, -0.1) is 0 Å². The maximum atomic E-state index is 12.4. The van der Waals surface area contributed by atoms with Crippen LogP contribution in [0, 0.1) is 0 Å². The van der Waals surface area contributed by atoms with Gasteiger partial charge in [-0.25, -0.2) is 4.79 Å². The normalized spacial score (nSPS) is 10.8. The molecule has 2 N–H and O–H groups in total. The van der Waals surface area contributed by atoms with Crippen molar-refractivity contribution in [3.63, 3.8) is 0 Å². The second kappa shape index (κ2) is 9.22. The minimum atomic E-state index is -0.770. The maximum absolute atomic E-state index is 12.4. The number of likely N-dealkylation sites (N-methyl/N-ethyl adjacent to an activating group) is 2. The number of aromatic hydroxyl groups is 1. The SMILES string of the molecule is CNC(=O)CN(C)C(=O)COC(=O)c1cc(C(C)C)cc(C(C)C)c1O. The summed E-state index contributed by atoms with van der Waals surface area (Å²) < 4.78 is 5.05. The van der Waals surface area contributed by atoms with E-state index in [0.717, 1.165) is 10.5 Å². The van der Waals surface area contributed by atoms with Gasteiger partial charge in [0.25, 0.3) is 5.91 Å². The lowest BCUT2D eigenvalue weighted by Crippen LogP contribution is -2.39. The number of phenols is 1. The molecule has 144 valence electrons. The predicted molar refractivity (Wildman–Crippen MR) is 98.3 cm³/mol. The Bertz CT molecular complexity index is 683. The summed E-state index contributed by atoms with van der Waals surface area (Å²) in [5.41, 5.74) is 1.61. The second-order valence-electron chi connectivity index (χ2n) is 6.81. The van der Waals surface area contributed by atoms with Gasteiger partial charge in [-0.2, -0.15) is 0 Å². The van der Waals surface area contributed by atoms with Crippen LogP contribution in [0.4, 0.5) is 0 Å². The Labute approximate surface area is 154 Å². The van der Waals surface area contributed by atoms with Crippen molar-refractivity contribution >= 4 is 17.8 Å². The van der Waals surface area contributed by atoms with Gasteiger partial charge in [-0.3, -0.25) is 9.59 Å². The number of esters is 1. The Morgan fingerprint density at radius 2 is 1.77 bits per heavy atom. The highest BCUT2D eigenvalue weighted by molar-refractivity contribution is 5.95. The molecule has 0 fully saturated rings. The lowest BCUT2D eigenvalue weighted by Gasteiger charge is -2.18. The molecule has 1 aromatic carbocycles. The highest BCUT2D eigenvalue weighted by Gasteiger charge is 2.22. The number of nitrogens with one attached hydrogen (secondary N) is 1. The molecule has 2 amide bonds. The third-order valence-corrected chi connectivity index (χ3v) is 4.08. The van der Waals surface area contributed by atoms with Crippen LogP contribution < -0.4 is 5.32 Å². The van der Waals surface area contributed by atoms with E-state index in [1.54, 1.807) is 6.07 Å². The largest absolute Gasteiger partial charge is 0.507 e. The molecule has 0 atom stereocenters. The molecular weight excluding hydrogens is 336 g/mol. The molecule has 26 heavy (non-hydrogen) atoms. The van der Waals surface area contributed by atoms with E-state index in [1.165, 1.54) is 14.1 Å². The van der Waals surface area contributed by atoms with Crippen LogP contribution in [0.25, 0.3) is 0 Å². The topological polar surface area (TPSA) is 95.9 Å². The molecule has 0 aliphatic carbocycles. The summed E-state index contributed by atoms with van der Waals surface area (Å²) in [6.07, 6.45) is 0. The van der Waals surface area contributed by atoms with Crippen LogP contribution in [0.5, 0.6) is 5.75 Å². The minimum absolute atomic E-state index is 0.0283. The average Bonchev–Trinajstić information content (AvgIpc) is 2.58. The number of nitrogens with zero attached hydrogens (tertiary/aromatic N) is 1. The quantitative estimate of drug-likeness (QED) is 0.722. The summed E-state index contributed by atoms with van der Waals surface area (Å²) in [4.78, 5) is 36.8. The zero-order valence-corrected chi connectivity index (χ0v) is 16.3. The first-order valence-electron chi connectivity index (χ1n) is 8.56. The van der Waals surface area contributed by atoms with Gasteiger partial charge in [-0.1, -0.05) is 33.8 Å². The van der Waals surface area contributed by atoms with E-state index in [1.807, 2.05) is 33.8 Å². The van der Waals surface area contributed by atoms with Gasteiger partial charge in [0.15, 0.2) is 6.61 Å². The first-order chi connectivity index (χ1) is 12.1. The van der Waals surface area contributed by atoms with Crippen molar-refractivity contribution in [1.82, 2.24) is 10.2 Å². The lowest BCUT2D eigenvalue weighted by atomic mass is 9.92. The molecule has 0 unspecified atom stereocenters. The van der Waals surface area contributed by atoms with E-state index in [4.69, 9.17) is 4.74 Å². The highest BCUT2D eigenvalue weighted by Crippen LogP contribution is 2.33. The standard InChI is InChI=1S/C19H28N2O5/c1-11(2)13-7-14(12(3)4)18(24)15(8-13)19(25)26-10-17(23)21(6)9-16(22)20-5/h7-8,11-12,24H,9-10H2,1-6H3,(H,20,22). The number of hydrogen-bond acceptors (Lipinski definition) is 5. The van der Waals surface area contributed by atoms with Gasteiger partial charge < -0.3 is 20.1 Å². The van der Waals surface area contributed by atoms with Crippen LogP contribution >= 0.6 is 0 Å². The lowest BCUT2D eigenvalue weighted by molar-refractivity contribution is -0.137. The van der Waals surface area contributed by atoms with E-state index in [0.29, 0.717) is 5.56 Å². The van der Waals surface area contributed by atoms with Crippen molar-refractivity contribution in [2.24, 2.45) is 0 Å². The fourth-order valence-corrected chi connectivity index (χ4v) is 2.31. The van der Waals surface area contributed by atoms with Gasteiger partial charge in [0.2, 0.25) is 5.91 Å². The molecule has 0 aliphatic rings. The third kappa shape index (κ3) is 5.47. The van der Waals surface area contributed by atoms with Gasteiger partial charge in [0.1, 0.15) is 11.3 Å². The summed E-state index contributed by atoms with van der Waals surface area (Å²) in [7, 11) is 2.91. The van der Waals surface area contributed by atoms with Crippen LogP contribution in [0.2, 0.25) is 0 Å². The molecule has 7 nitrogen and oxygen atoms in total. The first kappa shape index (κ1) is 21.5. The summed E-state index contributed by atoms with van der Waals surface area (Å²) >= 11 is 0. The molecule has 0 saturated heterocycles. The average molecular weight is 364 g/mol. The van der Waals surface area contributed by atoms with E-state index < -0.39 is 18.5 Å². The highest BCUT2D eigenvalue weighted by atomic mass is 16.5. The summed E-state index contributed by atoms with van der Waals surface area (Å²) in [5.74, 6) is -1.53. The molecule has 0 aromatic heterocycles. The Kier molecular flexibility index (Phi) is 7.61. The van der Waals surface area contributed by atoms with Crippen molar-refractivity contribution in [1.29, 1.82) is 0 Å². The summed E-state index contributed by atoms with van der Waals surface area (Å²) in [6.45, 7) is 7.19. The van der Waals surface area contributed by atoms with Crippen LogP contribution in [0.1, 0.15) is 61.0 Å². The Morgan fingerprint density at radius 3 is 2.27 bits per heavy atom. The van der Waals surface area contributed by atoms with Crippen LogP contribution in [-0.4, -0.2) is 55.0 Å². The van der Waals surface area contributed by atoms with Crippen molar-refractivity contribution < 1.29 is 24.2 Å². The van der Waals surface area contributed by atoms with Gasteiger partial charge in [-0.05, 0) is 29.0 Å². The Hall–Kier alpha value is -2.57. The van der Waals surface area contributed by atoms with Crippen molar-refractivity contribution in [2.75, 3.05) is 27.2 Å². The summed E-state index contributed by atoms with van der Waals surface area (Å²) in [5, 5.41) is 12.8. The van der Waals surface area contributed by atoms with Crippen molar-refractivity contribution in [3.05, 3.63) is 28.8 Å². The van der Waals surface area contributed by atoms with Crippen LogP contribution in [0.15, 0.2) is 12.1 Å². The molecular formula is C19H28N2O5. The minimum Gasteiger partial charge on any atom is -0.507 e. The number of carbonyl (C=O) groups excluding carboxylic acids is 3. The molecule has 0 heterocycles. The van der Waals surface area contributed by atoms with Gasteiger partial charge in [0, 0.05) is 14.1 Å². The number of ether oxygens (including phenoxy) is 1. The van der Waals surface area contributed by atoms with Crippen LogP contribution in [-0.2, 0) is 14.3 Å². The fourth-order valence-electron chi connectivity index (χ4n) is 2.31. The molecule has 0 bridgehead atoms. The molecule has 0 aliphatic heterocycles. The molecule has 0 saturated carbocycles. The van der Waals surface area contributed by atoms with Crippen molar-refractivity contribution in [2.45, 2.75) is 39.5 Å². The van der Waals surface area contributed by atoms with E-state index >= 15 is 0 Å². The van der Waals surface area contributed by atoms with E-state index in [2.05, 4.69) is 5.32 Å². The Balaban J connectivity index is 2.93. The molecule has 0 spiro atoms. The zero-order chi connectivity index (χ0) is 20.0. The fraction of sp³-hybridized carbons (Fsp3) is 0.526. The number of benzene rings is 1. The smallest absolute Gasteiger partial charge is 0.342 e. The van der Waals surface area contributed by atoms with E-state index in [-0.39, 0.29) is 35.6 Å². The van der Waals surface area contributed by atoms with Gasteiger partial charge >= 0.3 is 5.97 Å². The monoisotopic (exact) mass is 364 g/mol. The number of hydrogen-bond donors (Lipinski definition) is 2. The number of phenolic OH excluding ortho intramolecular Hbond substituents is 1. The predicted octanol–water partition coefficient (Wildman–Crippen LogP) is 2.00.